The molecular weight excluding hydrogens is 335 g/mol. The standard InChI is InChI=1S/C17H12Cl2N2O2/c1-23-15-7-6-10(8-13(15)19)9-14-17(22)21-16(20-14)11-4-2-3-5-12(11)18/h2-9H,1H3,(H,20,21,22)/b14-9+. The number of carbonyl (C=O) groups is 1. The van der Waals surface area contributed by atoms with Crippen LogP contribution < -0.4 is 10.1 Å². The molecule has 1 amide bonds. The molecule has 0 spiro atoms. The van der Waals surface area contributed by atoms with E-state index in [9.17, 15) is 4.79 Å². The van der Waals surface area contributed by atoms with Gasteiger partial charge in [-0.05, 0) is 35.9 Å². The average Bonchev–Trinajstić information content (AvgIpc) is 2.89. The molecule has 0 aromatic heterocycles. The third-order valence-electron chi connectivity index (χ3n) is 3.31. The molecule has 4 nitrogen and oxygen atoms in total. The molecule has 0 saturated heterocycles. The van der Waals surface area contributed by atoms with Crippen LogP contribution in [0.3, 0.4) is 0 Å². The summed E-state index contributed by atoms with van der Waals surface area (Å²) in [4.78, 5) is 16.4. The van der Waals surface area contributed by atoms with E-state index in [0.717, 1.165) is 5.56 Å². The fourth-order valence-electron chi connectivity index (χ4n) is 2.18. The van der Waals surface area contributed by atoms with E-state index >= 15 is 0 Å². The molecule has 1 N–H and O–H groups in total. The Morgan fingerprint density at radius 2 is 1.91 bits per heavy atom. The van der Waals surface area contributed by atoms with E-state index in [1.807, 2.05) is 12.1 Å². The number of hydrogen-bond acceptors (Lipinski definition) is 3. The zero-order valence-corrected chi connectivity index (χ0v) is 13.7. The molecule has 0 bridgehead atoms. The molecule has 1 aliphatic rings. The summed E-state index contributed by atoms with van der Waals surface area (Å²) in [6.07, 6.45) is 1.66. The van der Waals surface area contributed by atoms with Crippen LogP contribution in [0.2, 0.25) is 10.0 Å². The Bertz CT molecular complexity index is 844. The lowest BCUT2D eigenvalue weighted by Crippen LogP contribution is -2.24. The van der Waals surface area contributed by atoms with Crippen molar-refractivity contribution in [3.63, 3.8) is 0 Å². The highest BCUT2D eigenvalue weighted by Crippen LogP contribution is 2.27. The fourth-order valence-corrected chi connectivity index (χ4v) is 2.67. The van der Waals surface area contributed by atoms with Crippen molar-refractivity contribution in [2.75, 3.05) is 7.11 Å². The van der Waals surface area contributed by atoms with E-state index in [4.69, 9.17) is 27.9 Å². The first-order chi connectivity index (χ1) is 11.1. The van der Waals surface area contributed by atoms with Crippen LogP contribution in [0.1, 0.15) is 11.1 Å². The van der Waals surface area contributed by atoms with Crippen molar-refractivity contribution in [3.05, 3.63) is 69.3 Å². The third kappa shape index (κ3) is 3.23. The number of halogens is 2. The molecule has 0 radical (unpaired) electrons. The Hall–Kier alpha value is -2.30. The molecule has 23 heavy (non-hydrogen) atoms. The fraction of sp³-hybridized carbons (Fsp3) is 0.0588. The van der Waals surface area contributed by atoms with Gasteiger partial charge in [-0.1, -0.05) is 41.4 Å². The number of nitrogens with zero attached hydrogens (tertiary/aromatic N) is 1. The lowest BCUT2D eigenvalue weighted by atomic mass is 10.2. The Morgan fingerprint density at radius 3 is 2.61 bits per heavy atom. The number of benzene rings is 2. The summed E-state index contributed by atoms with van der Waals surface area (Å²) < 4.78 is 5.10. The number of amides is 1. The molecule has 0 saturated carbocycles. The minimum Gasteiger partial charge on any atom is -0.495 e. The Kier molecular flexibility index (Phi) is 4.37. The summed E-state index contributed by atoms with van der Waals surface area (Å²) in [7, 11) is 1.55. The second-order valence-corrected chi connectivity index (χ2v) is 5.63. The molecule has 0 atom stereocenters. The third-order valence-corrected chi connectivity index (χ3v) is 3.93. The SMILES string of the molecule is COc1ccc(/C=C2/N=C(c3ccccc3Cl)NC2=O)cc1Cl. The first kappa shape index (κ1) is 15.6. The molecule has 116 valence electrons. The van der Waals surface area contributed by atoms with Crippen LogP contribution in [0.15, 0.2) is 53.2 Å². The zero-order valence-electron chi connectivity index (χ0n) is 12.1. The van der Waals surface area contributed by atoms with Crippen molar-refractivity contribution >= 4 is 41.0 Å². The molecule has 2 aromatic rings. The van der Waals surface area contributed by atoms with E-state index in [1.165, 1.54) is 0 Å². The van der Waals surface area contributed by atoms with E-state index < -0.39 is 0 Å². The molecular formula is C17H12Cl2N2O2. The highest BCUT2D eigenvalue weighted by molar-refractivity contribution is 6.35. The second-order valence-electron chi connectivity index (χ2n) is 4.82. The quantitative estimate of drug-likeness (QED) is 0.856. The smallest absolute Gasteiger partial charge is 0.275 e. The zero-order chi connectivity index (χ0) is 16.4. The van der Waals surface area contributed by atoms with Gasteiger partial charge in [0.2, 0.25) is 0 Å². The maximum absolute atomic E-state index is 12.1. The summed E-state index contributed by atoms with van der Waals surface area (Å²) in [5.74, 6) is 0.725. The summed E-state index contributed by atoms with van der Waals surface area (Å²) in [5, 5.41) is 3.72. The van der Waals surface area contributed by atoms with Crippen LogP contribution in [0.4, 0.5) is 0 Å². The van der Waals surface area contributed by atoms with Gasteiger partial charge < -0.3 is 10.1 Å². The molecule has 2 aromatic carbocycles. The van der Waals surface area contributed by atoms with Crippen molar-refractivity contribution in [3.8, 4) is 5.75 Å². The van der Waals surface area contributed by atoms with Crippen molar-refractivity contribution in [1.82, 2.24) is 5.32 Å². The van der Waals surface area contributed by atoms with E-state index in [-0.39, 0.29) is 5.91 Å². The molecule has 0 fully saturated rings. The van der Waals surface area contributed by atoms with Crippen molar-refractivity contribution in [2.45, 2.75) is 0 Å². The maximum atomic E-state index is 12.1. The highest BCUT2D eigenvalue weighted by Gasteiger charge is 2.22. The predicted octanol–water partition coefficient (Wildman–Crippen LogP) is 3.92. The summed E-state index contributed by atoms with van der Waals surface area (Å²) in [6.45, 7) is 0. The van der Waals surface area contributed by atoms with E-state index in [2.05, 4.69) is 10.3 Å². The minimum atomic E-state index is -0.285. The predicted molar refractivity (Wildman–Crippen MR) is 92.1 cm³/mol. The lowest BCUT2D eigenvalue weighted by molar-refractivity contribution is -0.115. The van der Waals surface area contributed by atoms with Crippen LogP contribution in [-0.4, -0.2) is 18.9 Å². The van der Waals surface area contributed by atoms with Gasteiger partial charge in [-0.15, -0.1) is 0 Å². The van der Waals surface area contributed by atoms with Crippen molar-refractivity contribution in [1.29, 1.82) is 0 Å². The topological polar surface area (TPSA) is 50.7 Å². The van der Waals surface area contributed by atoms with Crippen LogP contribution in [0.5, 0.6) is 5.75 Å². The van der Waals surface area contributed by atoms with Gasteiger partial charge in [-0.25, -0.2) is 4.99 Å². The molecule has 3 rings (SSSR count). The molecule has 1 aliphatic heterocycles. The number of amidine groups is 1. The summed E-state index contributed by atoms with van der Waals surface area (Å²) >= 11 is 12.2. The average molecular weight is 347 g/mol. The van der Waals surface area contributed by atoms with Crippen LogP contribution in [0.25, 0.3) is 6.08 Å². The first-order valence-electron chi connectivity index (χ1n) is 6.78. The number of nitrogens with one attached hydrogen (secondary N) is 1. The molecule has 0 aliphatic carbocycles. The Morgan fingerprint density at radius 1 is 1.13 bits per heavy atom. The number of methoxy groups -OCH3 is 1. The number of aliphatic imine (C=N–C) groups is 1. The second kappa shape index (κ2) is 6.44. The normalized spacial score (nSPS) is 15.5. The van der Waals surface area contributed by atoms with Gasteiger partial charge in [-0.3, -0.25) is 4.79 Å². The summed E-state index contributed by atoms with van der Waals surface area (Å²) in [5.41, 5.74) is 1.73. The molecule has 1 heterocycles. The van der Waals surface area contributed by atoms with Gasteiger partial charge in [0.1, 0.15) is 17.3 Å². The number of hydrogen-bond donors (Lipinski definition) is 1. The Balaban J connectivity index is 1.95. The molecule has 6 heteroatoms. The van der Waals surface area contributed by atoms with Gasteiger partial charge in [-0.2, -0.15) is 0 Å². The van der Waals surface area contributed by atoms with E-state index in [0.29, 0.717) is 32.9 Å². The number of carbonyl (C=O) groups excluding carboxylic acids is 1. The van der Waals surface area contributed by atoms with Crippen molar-refractivity contribution in [2.24, 2.45) is 4.99 Å². The highest BCUT2D eigenvalue weighted by atomic mass is 35.5. The monoisotopic (exact) mass is 346 g/mol. The number of ether oxygens (including phenoxy) is 1. The minimum absolute atomic E-state index is 0.285. The largest absolute Gasteiger partial charge is 0.495 e. The molecule has 0 unspecified atom stereocenters. The van der Waals surface area contributed by atoms with Crippen LogP contribution in [0, 0.1) is 0 Å². The maximum Gasteiger partial charge on any atom is 0.275 e. The van der Waals surface area contributed by atoms with E-state index in [1.54, 1.807) is 43.5 Å². The van der Waals surface area contributed by atoms with Crippen LogP contribution in [-0.2, 0) is 4.79 Å². The van der Waals surface area contributed by atoms with Gasteiger partial charge in [0, 0.05) is 5.56 Å². The summed E-state index contributed by atoms with van der Waals surface area (Å²) in [6, 6.07) is 12.4. The first-order valence-corrected chi connectivity index (χ1v) is 7.54. The van der Waals surface area contributed by atoms with Gasteiger partial charge in [0.05, 0.1) is 17.2 Å². The Labute approximate surface area is 143 Å². The number of rotatable bonds is 3. The van der Waals surface area contributed by atoms with Crippen molar-refractivity contribution < 1.29 is 9.53 Å². The van der Waals surface area contributed by atoms with Gasteiger partial charge >= 0.3 is 0 Å². The van der Waals surface area contributed by atoms with Gasteiger partial charge in [0.15, 0.2) is 0 Å². The van der Waals surface area contributed by atoms with Crippen LogP contribution >= 0.6 is 23.2 Å². The lowest BCUT2D eigenvalue weighted by Gasteiger charge is -2.03. The van der Waals surface area contributed by atoms with Gasteiger partial charge in [0.25, 0.3) is 5.91 Å².